The van der Waals surface area contributed by atoms with Crippen molar-refractivity contribution in [3.8, 4) is 0 Å². The van der Waals surface area contributed by atoms with Crippen molar-refractivity contribution in [2.24, 2.45) is 0 Å². The molecular formula is C20H14ClFN2O3S2. The maximum Gasteiger partial charge on any atom is 0.270 e. The van der Waals surface area contributed by atoms with Crippen LogP contribution in [0.25, 0.3) is 0 Å². The van der Waals surface area contributed by atoms with Crippen molar-refractivity contribution < 1.29 is 17.6 Å². The van der Waals surface area contributed by atoms with E-state index in [0.29, 0.717) is 21.3 Å². The molecule has 0 spiro atoms. The van der Waals surface area contributed by atoms with E-state index in [1.807, 2.05) is 0 Å². The zero-order valence-electron chi connectivity index (χ0n) is 14.8. The van der Waals surface area contributed by atoms with Crippen LogP contribution >= 0.6 is 22.9 Å². The highest BCUT2D eigenvalue weighted by Gasteiger charge is 2.41. The van der Waals surface area contributed by atoms with Crippen molar-refractivity contribution in [1.82, 2.24) is 0 Å². The summed E-state index contributed by atoms with van der Waals surface area (Å²) in [6, 6.07) is 13.8. The molecule has 0 amide bonds. The van der Waals surface area contributed by atoms with E-state index in [2.05, 4.69) is 5.32 Å². The summed E-state index contributed by atoms with van der Waals surface area (Å²) in [6.07, 6.45) is 1.16. The fraction of sp³-hybridized carbons (Fsp3) is 0.0500. The number of allylic oxidation sites excluding steroid dienone is 1. The Kier molecular flexibility index (Phi) is 5.16. The Morgan fingerprint density at radius 3 is 2.45 bits per heavy atom. The number of carbonyl (C=O) groups is 1. The first-order chi connectivity index (χ1) is 13.9. The third-order valence-electron chi connectivity index (χ3n) is 4.36. The first-order valence-electron chi connectivity index (χ1n) is 8.48. The highest BCUT2D eigenvalue weighted by molar-refractivity contribution is 7.97. The predicted molar refractivity (Wildman–Crippen MR) is 113 cm³/mol. The zero-order valence-corrected chi connectivity index (χ0v) is 17.2. The molecule has 1 aliphatic heterocycles. The molecule has 9 heteroatoms. The SMILES string of the molecule is O=C1C(=CNc2ccc(F)cc2)S(=O)(=O)N(Cc2ccc(Cl)cc2)c2ccsc21. The van der Waals surface area contributed by atoms with Gasteiger partial charge in [0.2, 0.25) is 5.78 Å². The number of benzene rings is 2. The van der Waals surface area contributed by atoms with E-state index in [-0.39, 0.29) is 11.4 Å². The van der Waals surface area contributed by atoms with Crippen LogP contribution in [0, 0.1) is 5.82 Å². The number of sulfonamides is 1. The van der Waals surface area contributed by atoms with Crippen LogP contribution in [-0.4, -0.2) is 14.2 Å². The van der Waals surface area contributed by atoms with Gasteiger partial charge in [0, 0.05) is 16.9 Å². The van der Waals surface area contributed by atoms with E-state index in [4.69, 9.17) is 11.6 Å². The minimum absolute atomic E-state index is 0.0599. The number of nitrogens with zero attached hydrogens (tertiary/aromatic N) is 1. The van der Waals surface area contributed by atoms with Crippen LogP contribution in [0.5, 0.6) is 0 Å². The minimum Gasteiger partial charge on any atom is -0.360 e. The van der Waals surface area contributed by atoms with Gasteiger partial charge in [0.15, 0.2) is 4.91 Å². The number of hydrogen-bond acceptors (Lipinski definition) is 5. The summed E-state index contributed by atoms with van der Waals surface area (Å²) in [4.78, 5) is 12.8. The highest BCUT2D eigenvalue weighted by Crippen LogP contribution is 2.39. The van der Waals surface area contributed by atoms with Crippen LogP contribution in [0.3, 0.4) is 0 Å². The second-order valence-electron chi connectivity index (χ2n) is 6.26. The number of ketones is 1. The average Bonchev–Trinajstić information content (AvgIpc) is 3.17. The Bertz CT molecular complexity index is 1200. The van der Waals surface area contributed by atoms with Crippen molar-refractivity contribution in [2.45, 2.75) is 6.54 Å². The van der Waals surface area contributed by atoms with Crippen molar-refractivity contribution in [3.05, 3.63) is 92.4 Å². The fourth-order valence-electron chi connectivity index (χ4n) is 2.91. The number of thiophene rings is 1. The Balaban J connectivity index is 1.73. The summed E-state index contributed by atoms with van der Waals surface area (Å²) in [5, 5.41) is 5.01. The fourth-order valence-corrected chi connectivity index (χ4v) is 5.52. The topological polar surface area (TPSA) is 66.5 Å². The number of hydrogen-bond donors (Lipinski definition) is 1. The molecule has 29 heavy (non-hydrogen) atoms. The molecule has 0 bridgehead atoms. The molecule has 0 fully saturated rings. The number of halogens is 2. The van der Waals surface area contributed by atoms with Gasteiger partial charge in [-0.05, 0) is 53.4 Å². The van der Waals surface area contributed by atoms with Gasteiger partial charge in [-0.25, -0.2) is 12.8 Å². The number of nitrogens with one attached hydrogen (secondary N) is 1. The van der Waals surface area contributed by atoms with Gasteiger partial charge in [-0.1, -0.05) is 23.7 Å². The van der Waals surface area contributed by atoms with E-state index in [0.717, 1.165) is 11.8 Å². The Hall–Kier alpha value is -2.68. The molecule has 0 atom stereocenters. The number of anilines is 2. The summed E-state index contributed by atoms with van der Waals surface area (Å²) in [6.45, 7) is 0.0599. The quantitative estimate of drug-likeness (QED) is 0.568. The largest absolute Gasteiger partial charge is 0.360 e. The minimum atomic E-state index is -4.10. The lowest BCUT2D eigenvalue weighted by Gasteiger charge is -2.29. The number of rotatable bonds is 4. The lowest BCUT2D eigenvalue weighted by atomic mass is 10.2. The van der Waals surface area contributed by atoms with Gasteiger partial charge >= 0.3 is 0 Å². The molecule has 2 heterocycles. The molecule has 1 aromatic heterocycles. The molecule has 0 unspecified atom stereocenters. The van der Waals surface area contributed by atoms with Crippen molar-refractivity contribution in [1.29, 1.82) is 0 Å². The molecule has 0 saturated heterocycles. The van der Waals surface area contributed by atoms with E-state index in [1.54, 1.807) is 35.7 Å². The second-order valence-corrected chi connectivity index (χ2v) is 9.45. The summed E-state index contributed by atoms with van der Waals surface area (Å²) < 4.78 is 40.8. The normalized spacial score (nSPS) is 16.7. The first-order valence-corrected chi connectivity index (χ1v) is 11.2. The lowest BCUT2D eigenvalue weighted by Crippen LogP contribution is -2.38. The average molecular weight is 449 g/mol. The molecule has 5 nitrogen and oxygen atoms in total. The van der Waals surface area contributed by atoms with Crippen molar-refractivity contribution in [2.75, 3.05) is 9.62 Å². The van der Waals surface area contributed by atoms with Gasteiger partial charge in [0.25, 0.3) is 10.0 Å². The van der Waals surface area contributed by atoms with Gasteiger partial charge in [-0.3, -0.25) is 9.10 Å². The standard InChI is InChI=1S/C20H14ClFN2O3S2/c21-14-3-1-13(2-4-14)12-24-17-9-10-28-20(17)19(25)18(29(24,26)27)11-23-16-7-5-15(22)6-8-16/h1-11,23H,12H2. The van der Waals surface area contributed by atoms with Crippen LogP contribution in [-0.2, 0) is 16.6 Å². The van der Waals surface area contributed by atoms with Gasteiger partial charge in [-0.15, -0.1) is 11.3 Å². The van der Waals surface area contributed by atoms with Crippen LogP contribution in [0.4, 0.5) is 15.8 Å². The molecule has 1 aliphatic rings. The van der Waals surface area contributed by atoms with Gasteiger partial charge < -0.3 is 5.32 Å². The van der Waals surface area contributed by atoms with Crippen molar-refractivity contribution in [3.63, 3.8) is 0 Å². The highest BCUT2D eigenvalue weighted by atomic mass is 35.5. The lowest BCUT2D eigenvalue weighted by molar-refractivity contribution is 0.104. The van der Waals surface area contributed by atoms with Gasteiger partial charge in [0.05, 0.1) is 12.2 Å². The number of Topliss-reactive ketones (excluding diaryl/α,β-unsaturated/α-hetero) is 1. The maximum atomic E-state index is 13.2. The molecule has 0 aliphatic carbocycles. The molecule has 148 valence electrons. The Morgan fingerprint density at radius 2 is 1.76 bits per heavy atom. The monoisotopic (exact) mass is 448 g/mol. The summed E-state index contributed by atoms with van der Waals surface area (Å²) in [5.41, 5.74) is 1.55. The molecule has 3 aromatic rings. The molecule has 4 rings (SSSR count). The molecule has 0 saturated carbocycles. The number of carbonyl (C=O) groups excluding carboxylic acids is 1. The number of fused-ring (bicyclic) bond motifs is 1. The summed E-state index contributed by atoms with van der Waals surface area (Å²) in [5.74, 6) is -0.987. The van der Waals surface area contributed by atoms with Crippen molar-refractivity contribution >= 4 is 50.1 Å². The summed E-state index contributed by atoms with van der Waals surface area (Å²) in [7, 11) is -4.10. The molecular weight excluding hydrogens is 435 g/mol. The van der Waals surface area contributed by atoms with Gasteiger partial charge in [-0.2, -0.15) is 0 Å². The first kappa shape index (κ1) is 19.6. The van der Waals surface area contributed by atoms with Gasteiger partial charge in [0.1, 0.15) is 10.7 Å². The summed E-state index contributed by atoms with van der Waals surface area (Å²) >= 11 is 7.09. The third-order valence-corrected chi connectivity index (χ3v) is 7.28. The maximum absolute atomic E-state index is 13.2. The Morgan fingerprint density at radius 1 is 1.07 bits per heavy atom. The van der Waals surface area contributed by atoms with Crippen LogP contribution < -0.4 is 9.62 Å². The van der Waals surface area contributed by atoms with E-state index in [9.17, 15) is 17.6 Å². The third kappa shape index (κ3) is 3.78. The second kappa shape index (κ2) is 7.62. The Labute approximate surface area is 176 Å². The predicted octanol–water partition coefficient (Wildman–Crippen LogP) is 5.03. The smallest absolute Gasteiger partial charge is 0.270 e. The zero-order chi connectivity index (χ0) is 20.6. The van der Waals surface area contributed by atoms with Crippen LogP contribution in [0.1, 0.15) is 15.2 Å². The molecule has 1 N–H and O–H groups in total. The molecule has 2 aromatic carbocycles. The van der Waals surface area contributed by atoms with E-state index >= 15 is 0 Å². The van der Waals surface area contributed by atoms with Crippen LogP contribution in [0.15, 0.2) is 71.1 Å². The van der Waals surface area contributed by atoms with E-state index in [1.165, 1.54) is 39.9 Å². The molecule has 0 radical (unpaired) electrons. The van der Waals surface area contributed by atoms with Crippen LogP contribution in [0.2, 0.25) is 5.02 Å². The van der Waals surface area contributed by atoms with E-state index < -0.39 is 21.6 Å².